The molecule has 2 aliphatic rings. The summed E-state index contributed by atoms with van der Waals surface area (Å²) in [5, 5.41) is 0.341. The van der Waals surface area contributed by atoms with Crippen LogP contribution in [0.2, 0.25) is 0 Å². The summed E-state index contributed by atoms with van der Waals surface area (Å²) in [5.74, 6) is 0.0542. The molecule has 0 bridgehead atoms. The Morgan fingerprint density at radius 2 is 2.24 bits per heavy atom. The third-order valence-electron chi connectivity index (χ3n) is 3.56. The summed E-state index contributed by atoms with van der Waals surface area (Å²) in [4.78, 5) is 11.6. The quantitative estimate of drug-likeness (QED) is 0.615. The van der Waals surface area contributed by atoms with Crippen LogP contribution >= 0.6 is 12.6 Å². The van der Waals surface area contributed by atoms with Crippen molar-refractivity contribution < 1.29 is 13.9 Å². The lowest BCUT2D eigenvalue weighted by atomic mass is 9.78. The highest BCUT2D eigenvalue weighted by Gasteiger charge is 2.37. The zero-order valence-corrected chi connectivity index (χ0v) is 10.2. The summed E-state index contributed by atoms with van der Waals surface area (Å²) in [6.45, 7) is 0. The minimum Gasteiger partial charge on any atom is -0.472 e. The number of furan rings is 1. The number of carbonyl (C=O) groups is 1. The molecule has 1 aromatic heterocycles. The summed E-state index contributed by atoms with van der Waals surface area (Å²) >= 11 is 4.48. The van der Waals surface area contributed by atoms with E-state index in [0.717, 1.165) is 30.4 Å². The van der Waals surface area contributed by atoms with Gasteiger partial charge in [-0.1, -0.05) is 0 Å². The molecule has 1 fully saturated rings. The second kappa shape index (κ2) is 4.26. The van der Waals surface area contributed by atoms with E-state index in [9.17, 15) is 4.79 Å². The van der Waals surface area contributed by atoms with Gasteiger partial charge in [0, 0.05) is 22.8 Å². The van der Waals surface area contributed by atoms with Gasteiger partial charge in [-0.3, -0.25) is 0 Å². The van der Waals surface area contributed by atoms with Gasteiger partial charge in [-0.15, -0.1) is 0 Å². The van der Waals surface area contributed by atoms with E-state index in [4.69, 9.17) is 9.15 Å². The lowest BCUT2D eigenvalue weighted by Crippen LogP contribution is -2.37. The second-order valence-electron chi connectivity index (χ2n) is 4.66. The van der Waals surface area contributed by atoms with Crippen molar-refractivity contribution in [2.75, 3.05) is 0 Å². The molecule has 17 heavy (non-hydrogen) atoms. The fourth-order valence-corrected chi connectivity index (χ4v) is 3.09. The van der Waals surface area contributed by atoms with Crippen molar-refractivity contribution in [3.05, 3.63) is 30.2 Å². The van der Waals surface area contributed by atoms with Crippen molar-refractivity contribution in [1.82, 2.24) is 0 Å². The van der Waals surface area contributed by atoms with Crippen molar-refractivity contribution >= 4 is 24.2 Å². The van der Waals surface area contributed by atoms with Crippen LogP contribution in [0.15, 0.2) is 29.1 Å². The SMILES string of the molecule is O=C1C=C(c2ccoc2)C2CCC(S)CC2O1. The van der Waals surface area contributed by atoms with Crippen molar-refractivity contribution in [2.24, 2.45) is 5.92 Å². The molecule has 0 radical (unpaired) electrons. The molecule has 1 aromatic rings. The molecule has 0 saturated heterocycles. The summed E-state index contributed by atoms with van der Waals surface area (Å²) < 4.78 is 10.5. The highest BCUT2D eigenvalue weighted by molar-refractivity contribution is 7.80. The minimum atomic E-state index is -0.245. The highest BCUT2D eigenvalue weighted by atomic mass is 32.1. The van der Waals surface area contributed by atoms with Gasteiger partial charge in [0.25, 0.3) is 0 Å². The van der Waals surface area contributed by atoms with Crippen LogP contribution < -0.4 is 0 Å². The third-order valence-corrected chi connectivity index (χ3v) is 4.03. The summed E-state index contributed by atoms with van der Waals surface area (Å²) in [5.41, 5.74) is 2.05. The number of ether oxygens (including phenoxy) is 1. The number of carbonyl (C=O) groups excluding carboxylic acids is 1. The molecule has 1 aliphatic carbocycles. The number of thiol groups is 1. The lowest BCUT2D eigenvalue weighted by molar-refractivity contribution is -0.147. The molecule has 4 heteroatoms. The average molecular weight is 250 g/mol. The third kappa shape index (κ3) is 2.02. The Morgan fingerprint density at radius 1 is 1.35 bits per heavy atom. The number of esters is 1. The van der Waals surface area contributed by atoms with E-state index in [2.05, 4.69) is 12.6 Å². The highest BCUT2D eigenvalue weighted by Crippen LogP contribution is 2.41. The molecule has 1 aliphatic heterocycles. The van der Waals surface area contributed by atoms with E-state index in [1.165, 1.54) is 0 Å². The van der Waals surface area contributed by atoms with E-state index in [-0.39, 0.29) is 12.1 Å². The molecule has 0 aromatic carbocycles. The lowest BCUT2D eigenvalue weighted by Gasteiger charge is -2.37. The molecule has 0 N–H and O–H groups in total. The molecule has 0 amide bonds. The monoisotopic (exact) mass is 250 g/mol. The number of hydrogen-bond acceptors (Lipinski definition) is 4. The van der Waals surface area contributed by atoms with Crippen LogP contribution in [0.4, 0.5) is 0 Å². The molecule has 0 spiro atoms. The fraction of sp³-hybridized carbons (Fsp3) is 0.462. The van der Waals surface area contributed by atoms with Gasteiger partial charge in [-0.05, 0) is 30.9 Å². The Labute approximate surface area is 105 Å². The van der Waals surface area contributed by atoms with Gasteiger partial charge in [0.1, 0.15) is 6.10 Å². The first-order valence-electron chi connectivity index (χ1n) is 5.87. The molecule has 3 unspecified atom stereocenters. The van der Waals surface area contributed by atoms with Gasteiger partial charge in [-0.2, -0.15) is 12.6 Å². The van der Waals surface area contributed by atoms with Crippen LogP contribution in [0, 0.1) is 5.92 Å². The molecular formula is C13H14O3S. The Bertz CT molecular complexity index is 449. The van der Waals surface area contributed by atoms with Gasteiger partial charge >= 0.3 is 5.97 Å². The first kappa shape index (κ1) is 11.0. The Balaban J connectivity index is 1.94. The van der Waals surface area contributed by atoms with Gasteiger partial charge < -0.3 is 9.15 Å². The second-order valence-corrected chi connectivity index (χ2v) is 5.39. The largest absolute Gasteiger partial charge is 0.472 e. The summed E-state index contributed by atoms with van der Waals surface area (Å²) in [6, 6.07) is 1.90. The molecular weight excluding hydrogens is 236 g/mol. The van der Waals surface area contributed by atoms with Crippen molar-refractivity contribution in [2.45, 2.75) is 30.6 Å². The Morgan fingerprint density at radius 3 is 3.00 bits per heavy atom. The van der Waals surface area contributed by atoms with Gasteiger partial charge in [-0.25, -0.2) is 4.79 Å². The molecule has 2 heterocycles. The zero-order chi connectivity index (χ0) is 11.8. The molecule has 3 nitrogen and oxygen atoms in total. The normalized spacial score (nSPS) is 32.6. The summed E-state index contributed by atoms with van der Waals surface area (Å²) in [6.07, 6.45) is 7.83. The van der Waals surface area contributed by atoms with E-state index < -0.39 is 0 Å². The molecule has 3 rings (SSSR count). The Hall–Kier alpha value is -1.16. The molecule has 1 saturated carbocycles. The van der Waals surface area contributed by atoms with E-state index in [1.54, 1.807) is 18.6 Å². The molecule has 3 atom stereocenters. The predicted molar refractivity (Wildman–Crippen MR) is 66.7 cm³/mol. The maximum atomic E-state index is 11.6. The van der Waals surface area contributed by atoms with E-state index in [0.29, 0.717) is 11.2 Å². The smallest absolute Gasteiger partial charge is 0.331 e. The van der Waals surface area contributed by atoms with E-state index in [1.807, 2.05) is 6.07 Å². The van der Waals surface area contributed by atoms with Crippen molar-refractivity contribution in [1.29, 1.82) is 0 Å². The predicted octanol–water partition coefficient (Wildman–Crippen LogP) is 2.69. The van der Waals surface area contributed by atoms with Gasteiger partial charge in [0.05, 0.1) is 12.5 Å². The van der Waals surface area contributed by atoms with Crippen LogP contribution in [-0.4, -0.2) is 17.3 Å². The van der Waals surface area contributed by atoms with Gasteiger partial charge in [0.2, 0.25) is 0 Å². The maximum Gasteiger partial charge on any atom is 0.331 e. The first-order valence-corrected chi connectivity index (χ1v) is 6.38. The van der Waals surface area contributed by atoms with E-state index >= 15 is 0 Å². The van der Waals surface area contributed by atoms with Crippen LogP contribution in [-0.2, 0) is 9.53 Å². The van der Waals surface area contributed by atoms with Crippen LogP contribution in [0.3, 0.4) is 0 Å². The van der Waals surface area contributed by atoms with Gasteiger partial charge in [0.15, 0.2) is 0 Å². The minimum absolute atomic E-state index is 0.0198. The fourth-order valence-electron chi connectivity index (χ4n) is 2.74. The first-order chi connectivity index (χ1) is 8.24. The zero-order valence-electron chi connectivity index (χ0n) is 9.33. The standard InChI is InChI=1S/C13H14O3S/c14-13-6-11(8-3-4-15-7-8)10-2-1-9(17)5-12(10)16-13/h3-4,6-7,9-10,12,17H,1-2,5H2. The molecule has 90 valence electrons. The van der Waals surface area contributed by atoms with Crippen molar-refractivity contribution in [3.8, 4) is 0 Å². The van der Waals surface area contributed by atoms with Crippen molar-refractivity contribution in [3.63, 3.8) is 0 Å². The van der Waals surface area contributed by atoms with Crippen LogP contribution in [0.5, 0.6) is 0 Å². The number of hydrogen-bond donors (Lipinski definition) is 1. The number of rotatable bonds is 1. The topological polar surface area (TPSA) is 39.4 Å². The maximum absolute atomic E-state index is 11.6. The van der Waals surface area contributed by atoms with Crippen LogP contribution in [0.25, 0.3) is 5.57 Å². The van der Waals surface area contributed by atoms with Crippen LogP contribution in [0.1, 0.15) is 24.8 Å². The summed E-state index contributed by atoms with van der Waals surface area (Å²) in [7, 11) is 0. The number of fused-ring (bicyclic) bond motifs is 1. The average Bonchev–Trinajstić information content (AvgIpc) is 2.80. The Kier molecular flexibility index (Phi) is 2.74.